The van der Waals surface area contributed by atoms with Crippen LogP contribution in [0.15, 0.2) is 114 Å². The van der Waals surface area contributed by atoms with Crippen LogP contribution in [0.2, 0.25) is 0 Å². The zero-order valence-corrected chi connectivity index (χ0v) is 24.1. The molecule has 1 aliphatic rings. The number of hydrogen-bond acceptors (Lipinski definition) is 7. The number of aromatic nitrogens is 3. The lowest BCUT2D eigenvalue weighted by atomic mass is 9.94. The maximum atomic E-state index is 13.9. The highest BCUT2D eigenvalue weighted by Crippen LogP contribution is 2.40. The Kier molecular flexibility index (Phi) is 7.78. The predicted molar refractivity (Wildman–Crippen MR) is 165 cm³/mol. The van der Waals surface area contributed by atoms with Gasteiger partial charge in [0, 0.05) is 11.4 Å². The molecule has 1 atom stereocenters. The number of carbonyl (C=O) groups is 1. The zero-order valence-electron chi connectivity index (χ0n) is 24.1. The molecular weight excluding hydrogens is 542 g/mol. The van der Waals surface area contributed by atoms with Crippen LogP contribution in [0.5, 0.6) is 17.2 Å². The van der Waals surface area contributed by atoms with Crippen molar-refractivity contribution in [2.75, 3.05) is 24.9 Å². The Morgan fingerprint density at radius 3 is 2.30 bits per heavy atom. The van der Waals surface area contributed by atoms with Crippen molar-refractivity contribution in [2.24, 2.45) is 0 Å². The average molecular weight is 574 g/mol. The first-order chi connectivity index (χ1) is 21.1. The van der Waals surface area contributed by atoms with Crippen LogP contribution in [0.1, 0.15) is 24.1 Å². The van der Waals surface area contributed by atoms with Crippen molar-refractivity contribution in [3.63, 3.8) is 0 Å². The van der Waals surface area contributed by atoms with E-state index in [0.717, 1.165) is 16.7 Å². The lowest BCUT2D eigenvalue weighted by Gasteiger charge is -2.29. The summed E-state index contributed by atoms with van der Waals surface area (Å²) in [4.78, 5) is 18.7. The Bertz CT molecular complexity index is 1780. The predicted octanol–water partition coefficient (Wildman–Crippen LogP) is 6.47. The van der Waals surface area contributed by atoms with Crippen LogP contribution in [0.25, 0.3) is 11.4 Å². The van der Waals surface area contributed by atoms with Crippen molar-refractivity contribution in [3.8, 4) is 28.6 Å². The van der Waals surface area contributed by atoms with Gasteiger partial charge in [0.2, 0.25) is 5.95 Å². The number of anilines is 2. The van der Waals surface area contributed by atoms with E-state index < -0.39 is 6.04 Å². The van der Waals surface area contributed by atoms with Crippen molar-refractivity contribution in [1.82, 2.24) is 14.8 Å². The second-order valence-electron chi connectivity index (χ2n) is 9.97. The fourth-order valence-corrected chi connectivity index (χ4v) is 5.13. The van der Waals surface area contributed by atoms with Crippen LogP contribution in [0.4, 0.5) is 11.6 Å². The highest BCUT2D eigenvalue weighted by Gasteiger charge is 2.35. The molecule has 4 aromatic carbocycles. The van der Waals surface area contributed by atoms with Crippen molar-refractivity contribution >= 4 is 17.5 Å². The Balaban J connectivity index is 1.42. The van der Waals surface area contributed by atoms with Crippen LogP contribution in [-0.2, 0) is 11.4 Å². The molecule has 0 bridgehead atoms. The van der Waals surface area contributed by atoms with Crippen LogP contribution < -0.4 is 24.8 Å². The zero-order chi connectivity index (χ0) is 29.8. The molecule has 43 heavy (non-hydrogen) atoms. The van der Waals surface area contributed by atoms with Crippen molar-refractivity contribution in [2.45, 2.75) is 19.6 Å². The Labute approximate surface area is 249 Å². The van der Waals surface area contributed by atoms with Crippen LogP contribution >= 0.6 is 0 Å². The highest BCUT2D eigenvalue weighted by atomic mass is 16.5. The van der Waals surface area contributed by atoms with Gasteiger partial charge in [0.25, 0.3) is 5.91 Å². The third-order valence-corrected chi connectivity index (χ3v) is 7.22. The molecule has 0 fully saturated rings. The molecule has 0 aliphatic carbocycles. The highest BCUT2D eigenvalue weighted by molar-refractivity contribution is 6.06. The van der Waals surface area contributed by atoms with Gasteiger partial charge in [-0.3, -0.25) is 4.79 Å². The number of allylic oxidation sites excluding steroid dienone is 1. The van der Waals surface area contributed by atoms with Gasteiger partial charge in [-0.15, -0.1) is 5.10 Å². The number of amides is 1. The minimum Gasteiger partial charge on any atom is -0.496 e. The summed E-state index contributed by atoms with van der Waals surface area (Å²) in [6.07, 6.45) is 0. The Morgan fingerprint density at radius 1 is 0.860 bits per heavy atom. The number of nitrogens with zero attached hydrogens (tertiary/aromatic N) is 3. The molecule has 0 saturated heterocycles. The van der Waals surface area contributed by atoms with Gasteiger partial charge in [0.15, 0.2) is 17.3 Å². The third-order valence-electron chi connectivity index (χ3n) is 7.22. The van der Waals surface area contributed by atoms with E-state index in [1.54, 1.807) is 18.9 Å². The fourth-order valence-electron chi connectivity index (χ4n) is 5.13. The smallest absolute Gasteiger partial charge is 0.255 e. The van der Waals surface area contributed by atoms with Crippen molar-refractivity contribution in [3.05, 3.63) is 126 Å². The number of rotatable bonds is 9. The number of ether oxygens (including phenoxy) is 3. The van der Waals surface area contributed by atoms with E-state index in [1.165, 1.54) is 0 Å². The topological polar surface area (TPSA) is 99.5 Å². The van der Waals surface area contributed by atoms with E-state index in [0.29, 0.717) is 52.6 Å². The first-order valence-corrected chi connectivity index (χ1v) is 13.8. The monoisotopic (exact) mass is 573 g/mol. The number of nitrogens with one attached hydrogen (secondary N) is 2. The second-order valence-corrected chi connectivity index (χ2v) is 9.97. The summed E-state index contributed by atoms with van der Waals surface area (Å²) >= 11 is 0. The molecule has 2 heterocycles. The largest absolute Gasteiger partial charge is 0.496 e. The lowest BCUT2D eigenvalue weighted by Crippen LogP contribution is -2.31. The molecule has 9 nitrogen and oxygen atoms in total. The van der Waals surface area contributed by atoms with E-state index in [1.807, 2.05) is 110 Å². The van der Waals surface area contributed by atoms with E-state index >= 15 is 0 Å². The molecule has 1 unspecified atom stereocenters. The lowest BCUT2D eigenvalue weighted by molar-refractivity contribution is -0.113. The van der Waals surface area contributed by atoms with Crippen LogP contribution in [0, 0.1) is 0 Å². The summed E-state index contributed by atoms with van der Waals surface area (Å²) in [5, 5.41) is 11.2. The quantitative estimate of drug-likeness (QED) is 0.209. The number of methoxy groups -OCH3 is 2. The maximum absolute atomic E-state index is 13.9. The first-order valence-electron chi connectivity index (χ1n) is 13.8. The van der Waals surface area contributed by atoms with Gasteiger partial charge in [0.1, 0.15) is 18.4 Å². The molecule has 0 radical (unpaired) electrons. The Morgan fingerprint density at radius 2 is 1.56 bits per heavy atom. The average Bonchev–Trinajstić information content (AvgIpc) is 3.47. The molecule has 0 spiro atoms. The fraction of sp³-hybridized carbons (Fsp3) is 0.147. The number of carbonyl (C=O) groups excluding carboxylic acids is 1. The summed E-state index contributed by atoms with van der Waals surface area (Å²) in [7, 11) is 3.21. The summed E-state index contributed by atoms with van der Waals surface area (Å²) in [6, 6.07) is 31.9. The molecule has 216 valence electrons. The van der Waals surface area contributed by atoms with Gasteiger partial charge in [-0.25, -0.2) is 4.68 Å². The Hall–Kier alpha value is -5.57. The van der Waals surface area contributed by atoms with E-state index in [4.69, 9.17) is 24.3 Å². The summed E-state index contributed by atoms with van der Waals surface area (Å²) in [5.74, 6) is 2.49. The minimum atomic E-state index is -0.618. The summed E-state index contributed by atoms with van der Waals surface area (Å²) in [6.45, 7) is 2.26. The number of benzene rings is 4. The molecular formula is C34H31N5O4. The van der Waals surface area contributed by atoms with Crippen molar-refractivity contribution in [1.29, 1.82) is 0 Å². The first kappa shape index (κ1) is 27.6. The normalized spacial score (nSPS) is 14.0. The third kappa shape index (κ3) is 5.65. The van der Waals surface area contributed by atoms with Gasteiger partial charge in [-0.05, 0) is 54.4 Å². The number of fused-ring (bicyclic) bond motifs is 1. The van der Waals surface area contributed by atoms with Crippen LogP contribution in [0.3, 0.4) is 0 Å². The standard InChI is InChI=1S/C34H31N5O4/c1-22-30(33(40)36-25-14-8-5-9-15-25)31(39-34(35-22)37-32(38-39)26-16-10-11-17-27(26)41-2)24-18-19-28(29(20-24)42-3)43-21-23-12-6-4-7-13-23/h4-20,31H,21H2,1-3H3,(H,36,40)(H,35,37,38). The molecule has 1 aromatic heterocycles. The van der Waals surface area contributed by atoms with E-state index in [2.05, 4.69) is 10.6 Å². The maximum Gasteiger partial charge on any atom is 0.255 e. The molecule has 1 aliphatic heterocycles. The van der Waals surface area contributed by atoms with E-state index in [-0.39, 0.29) is 5.91 Å². The summed E-state index contributed by atoms with van der Waals surface area (Å²) in [5.41, 5.74) is 4.40. The van der Waals surface area contributed by atoms with Gasteiger partial charge < -0.3 is 24.8 Å². The molecule has 0 saturated carbocycles. The van der Waals surface area contributed by atoms with Gasteiger partial charge >= 0.3 is 0 Å². The number of hydrogen-bond donors (Lipinski definition) is 2. The van der Waals surface area contributed by atoms with Crippen molar-refractivity contribution < 1.29 is 19.0 Å². The SMILES string of the molecule is COc1cc(C2C(C(=O)Nc3ccccc3)=C(C)Nc3nc(-c4ccccc4OC)nn32)ccc1OCc1ccccc1. The van der Waals surface area contributed by atoms with Crippen LogP contribution in [-0.4, -0.2) is 34.9 Å². The molecule has 9 heteroatoms. The molecule has 1 amide bonds. The van der Waals surface area contributed by atoms with Gasteiger partial charge in [0.05, 0.1) is 25.4 Å². The van der Waals surface area contributed by atoms with Gasteiger partial charge in [-0.2, -0.15) is 4.98 Å². The summed E-state index contributed by atoms with van der Waals surface area (Å²) < 4.78 is 19.2. The van der Waals surface area contributed by atoms with Gasteiger partial charge in [-0.1, -0.05) is 66.7 Å². The minimum absolute atomic E-state index is 0.260. The second kappa shape index (κ2) is 12.1. The van der Waals surface area contributed by atoms with E-state index in [9.17, 15) is 4.79 Å². The number of para-hydroxylation sites is 2. The molecule has 5 aromatic rings. The molecule has 2 N–H and O–H groups in total. The molecule has 6 rings (SSSR count).